The Labute approximate surface area is 97.3 Å². The van der Waals surface area contributed by atoms with Crippen LogP contribution in [0.3, 0.4) is 0 Å². The summed E-state index contributed by atoms with van der Waals surface area (Å²) in [6.45, 7) is 3.99. The summed E-state index contributed by atoms with van der Waals surface area (Å²) in [5.41, 5.74) is 1.97. The van der Waals surface area contributed by atoms with Crippen molar-refractivity contribution >= 4 is 5.78 Å². The van der Waals surface area contributed by atoms with Crippen molar-refractivity contribution < 1.29 is 9.90 Å². The van der Waals surface area contributed by atoms with E-state index in [0.717, 1.165) is 12.8 Å². The summed E-state index contributed by atoms with van der Waals surface area (Å²) in [6.07, 6.45) is 2.85. The number of rotatable bonds is 6. The van der Waals surface area contributed by atoms with E-state index in [1.165, 1.54) is 5.56 Å². The molecule has 0 spiro atoms. The highest BCUT2D eigenvalue weighted by Gasteiger charge is 2.16. The largest absolute Gasteiger partial charge is 0.396 e. The third-order valence-electron chi connectivity index (χ3n) is 2.86. The molecule has 0 bridgehead atoms. The lowest BCUT2D eigenvalue weighted by Crippen LogP contribution is -2.17. The standard InChI is InChI=1S/C14H20O2/c1-3-5-11-6-8-13(9-7-11)14(16)12(4-2)10-15/h6-9,12,15H,3-5,10H2,1-2H3. The third kappa shape index (κ3) is 3.17. The summed E-state index contributed by atoms with van der Waals surface area (Å²) in [5, 5.41) is 9.08. The summed E-state index contributed by atoms with van der Waals surface area (Å²) in [6, 6.07) is 7.74. The molecule has 2 nitrogen and oxygen atoms in total. The molecule has 1 rings (SSSR count). The lowest BCUT2D eigenvalue weighted by Gasteiger charge is -2.10. The van der Waals surface area contributed by atoms with E-state index in [1.807, 2.05) is 31.2 Å². The van der Waals surface area contributed by atoms with Gasteiger partial charge in [-0.1, -0.05) is 44.5 Å². The molecule has 0 saturated carbocycles. The minimum Gasteiger partial charge on any atom is -0.396 e. The highest BCUT2D eigenvalue weighted by Crippen LogP contribution is 2.13. The highest BCUT2D eigenvalue weighted by molar-refractivity contribution is 5.97. The first kappa shape index (κ1) is 12.9. The number of Topliss-reactive ketones (excluding diaryl/α,β-unsaturated/α-hetero) is 1. The lowest BCUT2D eigenvalue weighted by molar-refractivity contribution is 0.0856. The normalized spacial score (nSPS) is 12.4. The fourth-order valence-electron chi connectivity index (χ4n) is 1.76. The van der Waals surface area contributed by atoms with Crippen LogP contribution in [-0.4, -0.2) is 17.5 Å². The Hall–Kier alpha value is -1.15. The van der Waals surface area contributed by atoms with E-state index in [-0.39, 0.29) is 18.3 Å². The molecule has 0 aromatic heterocycles. The van der Waals surface area contributed by atoms with E-state index < -0.39 is 0 Å². The first-order valence-corrected chi connectivity index (χ1v) is 5.96. The average molecular weight is 220 g/mol. The molecule has 1 aromatic rings. The number of carbonyl (C=O) groups excluding carboxylic acids is 1. The molecule has 1 atom stereocenters. The van der Waals surface area contributed by atoms with Crippen LogP contribution in [0, 0.1) is 5.92 Å². The molecule has 0 heterocycles. The van der Waals surface area contributed by atoms with Crippen LogP contribution in [0.5, 0.6) is 0 Å². The predicted molar refractivity (Wildman–Crippen MR) is 65.6 cm³/mol. The Bertz CT molecular complexity index is 323. The van der Waals surface area contributed by atoms with E-state index in [4.69, 9.17) is 5.11 Å². The monoisotopic (exact) mass is 220 g/mol. The second-order valence-electron chi connectivity index (χ2n) is 4.10. The fraction of sp³-hybridized carbons (Fsp3) is 0.500. The molecule has 0 aliphatic heterocycles. The van der Waals surface area contributed by atoms with Gasteiger partial charge in [0, 0.05) is 11.5 Å². The number of benzene rings is 1. The zero-order valence-corrected chi connectivity index (χ0v) is 10.1. The first-order chi connectivity index (χ1) is 7.72. The molecule has 0 fully saturated rings. The second kappa shape index (κ2) is 6.44. The van der Waals surface area contributed by atoms with Gasteiger partial charge in [0.15, 0.2) is 5.78 Å². The molecule has 0 radical (unpaired) electrons. The molecule has 1 N–H and O–H groups in total. The Balaban J connectivity index is 2.76. The van der Waals surface area contributed by atoms with Gasteiger partial charge >= 0.3 is 0 Å². The quantitative estimate of drug-likeness (QED) is 0.748. The topological polar surface area (TPSA) is 37.3 Å². The zero-order chi connectivity index (χ0) is 12.0. The van der Waals surface area contributed by atoms with E-state index in [1.54, 1.807) is 0 Å². The Morgan fingerprint density at radius 2 is 1.88 bits per heavy atom. The Kier molecular flexibility index (Phi) is 5.20. The van der Waals surface area contributed by atoms with Crippen LogP contribution in [0.2, 0.25) is 0 Å². The van der Waals surface area contributed by atoms with Crippen LogP contribution < -0.4 is 0 Å². The van der Waals surface area contributed by atoms with E-state index in [0.29, 0.717) is 12.0 Å². The minimum atomic E-state index is -0.253. The van der Waals surface area contributed by atoms with Crippen molar-refractivity contribution in [3.8, 4) is 0 Å². The Morgan fingerprint density at radius 3 is 2.31 bits per heavy atom. The lowest BCUT2D eigenvalue weighted by atomic mass is 9.95. The SMILES string of the molecule is CCCc1ccc(C(=O)C(CC)CO)cc1. The van der Waals surface area contributed by atoms with Crippen LogP contribution in [0.1, 0.15) is 42.6 Å². The van der Waals surface area contributed by atoms with Crippen molar-refractivity contribution in [1.82, 2.24) is 0 Å². The Morgan fingerprint density at radius 1 is 1.25 bits per heavy atom. The van der Waals surface area contributed by atoms with Crippen LogP contribution in [-0.2, 0) is 6.42 Å². The molecule has 88 valence electrons. The number of ketones is 1. The molecule has 0 aliphatic rings. The second-order valence-corrected chi connectivity index (χ2v) is 4.10. The van der Waals surface area contributed by atoms with E-state index in [2.05, 4.69) is 6.92 Å². The number of carbonyl (C=O) groups is 1. The van der Waals surface area contributed by atoms with Crippen molar-refractivity contribution in [2.75, 3.05) is 6.61 Å². The summed E-state index contributed by atoms with van der Waals surface area (Å²) < 4.78 is 0. The van der Waals surface area contributed by atoms with E-state index in [9.17, 15) is 4.79 Å². The van der Waals surface area contributed by atoms with Crippen molar-refractivity contribution in [3.63, 3.8) is 0 Å². The third-order valence-corrected chi connectivity index (χ3v) is 2.86. The van der Waals surface area contributed by atoms with Crippen molar-refractivity contribution in [2.24, 2.45) is 5.92 Å². The summed E-state index contributed by atoms with van der Waals surface area (Å²) in [7, 11) is 0. The molecule has 16 heavy (non-hydrogen) atoms. The molecular weight excluding hydrogens is 200 g/mol. The van der Waals surface area contributed by atoms with Gasteiger partial charge < -0.3 is 5.11 Å². The maximum Gasteiger partial charge on any atom is 0.168 e. The van der Waals surface area contributed by atoms with Gasteiger partial charge in [-0.15, -0.1) is 0 Å². The molecular formula is C14H20O2. The number of aryl methyl sites for hydroxylation is 1. The molecule has 0 amide bonds. The summed E-state index contributed by atoms with van der Waals surface area (Å²) >= 11 is 0. The summed E-state index contributed by atoms with van der Waals surface area (Å²) in [5.74, 6) is -0.204. The van der Waals surface area contributed by atoms with Crippen molar-refractivity contribution in [2.45, 2.75) is 33.1 Å². The summed E-state index contributed by atoms with van der Waals surface area (Å²) in [4.78, 5) is 11.9. The van der Waals surface area contributed by atoms with Gasteiger partial charge in [0.25, 0.3) is 0 Å². The molecule has 0 aliphatic carbocycles. The maximum absolute atomic E-state index is 11.9. The number of hydrogen-bond acceptors (Lipinski definition) is 2. The van der Waals surface area contributed by atoms with Gasteiger partial charge in [0.1, 0.15) is 0 Å². The van der Waals surface area contributed by atoms with Gasteiger partial charge in [0.2, 0.25) is 0 Å². The zero-order valence-electron chi connectivity index (χ0n) is 10.1. The van der Waals surface area contributed by atoms with E-state index >= 15 is 0 Å². The van der Waals surface area contributed by atoms with Gasteiger partial charge in [-0.3, -0.25) is 4.79 Å². The number of aliphatic hydroxyl groups excluding tert-OH is 1. The highest BCUT2D eigenvalue weighted by atomic mass is 16.3. The number of aliphatic hydroxyl groups is 1. The fourth-order valence-corrected chi connectivity index (χ4v) is 1.76. The predicted octanol–water partition coefficient (Wildman–Crippen LogP) is 2.84. The van der Waals surface area contributed by atoms with Crippen molar-refractivity contribution in [3.05, 3.63) is 35.4 Å². The van der Waals surface area contributed by atoms with Crippen LogP contribution >= 0.6 is 0 Å². The maximum atomic E-state index is 11.9. The average Bonchev–Trinajstić information content (AvgIpc) is 2.32. The smallest absolute Gasteiger partial charge is 0.168 e. The van der Waals surface area contributed by atoms with Crippen molar-refractivity contribution in [1.29, 1.82) is 0 Å². The number of hydrogen-bond donors (Lipinski definition) is 1. The molecule has 0 saturated heterocycles. The van der Waals surface area contributed by atoms with Gasteiger partial charge in [-0.05, 0) is 18.4 Å². The molecule has 2 heteroatoms. The van der Waals surface area contributed by atoms with Crippen LogP contribution in [0.15, 0.2) is 24.3 Å². The van der Waals surface area contributed by atoms with Gasteiger partial charge in [-0.25, -0.2) is 0 Å². The van der Waals surface area contributed by atoms with Gasteiger partial charge in [-0.2, -0.15) is 0 Å². The first-order valence-electron chi connectivity index (χ1n) is 5.96. The van der Waals surface area contributed by atoms with Crippen LogP contribution in [0.25, 0.3) is 0 Å². The molecule has 1 unspecified atom stereocenters. The minimum absolute atomic E-state index is 0.0491. The van der Waals surface area contributed by atoms with Crippen LogP contribution in [0.4, 0.5) is 0 Å². The molecule has 1 aromatic carbocycles. The van der Waals surface area contributed by atoms with Gasteiger partial charge in [0.05, 0.1) is 6.61 Å².